The van der Waals surface area contributed by atoms with Crippen LogP contribution in [-0.4, -0.2) is 30.6 Å². The van der Waals surface area contributed by atoms with Crippen LogP contribution in [0.2, 0.25) is 5.15 Å². The van der Waals surface area contributed by atoms with Crippen LogP contribution >= 0.6 is 22.9 Å². The Morgan fingerprint density at radius 1 is 1.69 bits per heavy atom. The topological polar surface area (TPSA) is 42.4 Å². The van der Waals surface area contributed by atoms with E-state index in [1.165, 1.54) is 18.4 Å². The van der Waals surface area contributed by atoms with Crippen LogP contribution in [0, 0.1) is 0 Å². The first-order valence-corrected chi connectivity index (χ1v) is 6.43. The van der Waals surface area contributed by atoms with Crippen LogP contribution in [0.1, 0.15) is 19.3 Å². The molecule has 16 heavy (non-hydrogen) atoms. The molecule has 0 aromatic carbocycles. The van der Waals surface area contributed by atoms with Crippen LogP contribution < -0.4 is 4.90 Å². The number of rotatable bonds is 2. The monoisotopic (exact) mass is 260 g/mol. The van der Waals surface area contributed by atoms with Crippen molar-refractivity contribution in [3.05, 3.63) is 10.5 Å². The Morgan fingerprint density at radius 3 is 3.12 bits per heavy atom. The number of carbonyl (C=O) groups is 1. The van der Waals surface area contributed by atoms with Crippen molar-refractivity contribution in [2.75, 3.05) is 18.6 Å². The summed E-state index contributed by atoms with van der Waals surface area (Å²) in [5.74, 6) is -0.189. The lowest BCUT2D eigenvalue weighted by Gasteiger charge is -2.33. The standard InChI is InChI=1S/C10H13ClN2O2S/c1-15-9(14)7-4-2-3-5-13(7)10-12-8(11)6-16-10/h6-7H,2-5H2,1H3. The van der Waals surface area contributed by atoms with E-state index in [1.54, 1.807) is 5.38 Å². The number of methoxy groups -OCH3 is 1. The molecule has 88 valence electrons. The number of hydrogen-bond donors (Lipinski definition) is 0. The minimum absolute atomic E-state index is 0.189. The number of thiazole rings is 1. The number of halogens is 1. The van der Waals surface area contributed by atoms with Gasteiger partial charge in [-0.05, 0) is 19.3 Å². The lowest BCUT2D eigenvalue weighted by Crippen LogP contribution is -2.45. The summed E-state index contributed by atoms with van der Waals surface area (Å²) >= 11 is 7.26. The number of anilines is 1. The molecule has 1 unspecified atom stereocenters. The molecule has 1 saturated heterocycles. The zero-order valence-electron chi connectivity index (χ0n) is 8.98. The van der Waals surface area contributed by atoms with Crippen LogP contribution in [0.3, 0.4) is 0 Å². The normalized spacial score (nSPS) is 20.9. The molecule has 1 aliphatic rings. The fourth-order valence-electron chi connectivity index (χ4n) is 1.92. The van der Waals surface area contributed by atoms with Crippen molar-refractivity contribution in [2.45, 2.75) is 25.3 Å². The molecule has 6 heteroatoms. The summed E-state index contributed by atoms with van der Waals surface area (Å²) in [5, 5.41) is 3.06. The number of esters is 1. The van der Waals surface area contributed by atoms with E-state index < -0.39 is 0 Å². The SMILES string of the molecule is COC(=O)C1CCCCN1c1nc(Cl)cs1. The smallest absolute Gasteiger partial charge is 0.328 e. The van der Waals surface area contributed by atoms with Crippen molar-refractivity contribution in [2.24, 2.45) is 0 Å². The van der Waals surface area contributed by atoms with Crippen LogP contribution in [0.15, 0.2) is 5.38 Å². The van der Waals surface area contributed by atoms with Gasteiger partial charge in [-0.1, -0.05) is 11.6 Å². The van der Waals surface area contributed by atoms with Gasteiger partial charge in [-0.15, -0.1) is 11.3 Å². The molecule has 0 saturated carbocycles. The Morgan fingerprint density at radius 2 is 2.50 bits per heavy atom. The van der Waals surface area contributed by atoms with Gasteiger partial charge in [0.1, 0.15) is 11.2 Å². The Labute approximate surface area is 103 Å². The number of aromatic nitrogens is 1. The first kappa shape index (κ1) is 11.7. The van der Waals surface area contributed by atoms with Gasteiger partial charge in [0, 0.05) is 11.9 Å². The molecule has 1 aliphatic heterocycles. The first-order valence-electron chi connectivity index (χ1n) is 5.18. The van der Waals surface area contributed by atoms with Crippen LogP contribution in [0.25, 0.3) is 0 Å². The number of hydrogen-bond acceptors (Lipinski definition) is 5. The van der Waals surface area contributed by atoms with Crippen molar-refractivity contribution < 1.29 is 9.53 Å². The third kappa shape index (κ3) is 2.30. The Bertz CT molecular complexity index is 383. The molecule has 1 aromatic heterocycles. The Kier molecular flexibility index (Phi) is 3.66. The predicted octanol–water partition coefficient (Wildman–Crippen LogP) is 2.33. The van der Waals surface area contributed by atoms with Crippen LogP contribution in [0.5, 0.6) is 0 Å². The van der Waals surface area contributed by atoms with Gasteiger partial charge >= 0.3 is 5.97 Å². The zero-order chi connectivity index (χ0) is 11.5. The summed E-state index contributed by atoms with van der Waals surface area (Å²) in [7, 11) is 1.42. The molecular formula is C10H13ClN2O2S. The highest BCUT2D eigenvalue weighted by atomic mass is 35.5. The molecule has 0 amide bonds. The molecule has 1 aromatic rings. The van der Waals surface area contributed by atoms with E-state index in [-0.39, 0.29) is 12.0 Å². The maximum absolute atomic E-state index is 11.6. The van der Waals surface area contributed by atoms with Gasteiger partial charge in [-0.2, -0.15) is 0 Å². The fourth-order valence-corrected chi connectivity index (χ4v) is 2.94. The molecule has 0 aliphatic carbocycles. The van der Waals surface area contributed by atoms with Crippen molar-refractivity contribution in [3.63, 3.8) is 0 Å². The highest BCUT2D eigenvalue weighted by molar-refractivity contribution is 7.14. The van der Waals surface area contributed by atoms with E-state index >= 15 is 0 Å². The van der Waals surface area contributed by atoms with Gasteiger partial charge in [0.25, 0.3) is 0 Å². The highest BCUT2D eigenvalue weighted by Crippen LogP contribution is 2.29. The number of carbonyl (C=O) groups excluding carboxylic acids is 1. The van der Waals surface area contributed by atoms with Crippen molar-refractivity contribution >= 4 is 34.0 Å². The van der Waals surface area contributed by atoms with Gasteiger partial charge in [0.2, 0.25) is 0 Å². The second kappa shape index (κ2) is 5.01. The quantitative estimate of drug-likeness (QED) is 0.766. The molecule has 0 radical (unpaired) electrons. The summed E-state index contributed by atoms with van der Waals surface area (Å²) in [6.07, 6.45) is 2.95. The van der Waals surface area contributed by atoms with Gasteiger partial charge in [-0.3, -0.25) is 0 Å². The molecule has 0 bridgehead atoms. The van der Waals surface area contributed by atoms with Gasteiger partial charge < -0.3 is 9.64 Å². The number of nitrogens with zero attached hydrogens (tertiary/aromatic N) is 2. The van der Waals surface area contributed by atoms with E-state index in [1.807, 2.05) is 4.90 Å². The second-order valence-electron chi connectivity index (χ2n) is 3.68. The maximum atomic E-state index is 11.6. The number of ether oxygens (including phenoxy) is 1. The van der Waals surface area contributed by atoms with E-state index in [0.29, 0.717) is 5.15 Å². The van der Waals surface area contributed by atoms with Crippen LogP contribution in [-0.2, 0) is 9.53 Å². The van der Waals surface area contributed by atoms with Crippen molar-refractivity contribution in [3.8, 4) is 0 Å². The summed E-state index contributed by atoms with van der Waals surface area (Å²) in [5.41, 5.74) is 0. The predicted molar refractivity (Wildman–Crippen MR) is 64.1 cm³/mol. The van der Waals surface area contributed by atoms with E-state index in [0.717, 1.165) is 30.9 Å². The molecule has 4 nitrogen and oxygen atoms in total. The maximum Gasteiger partial charge on any atom is 0.328 e. The first-order chi connectivity index (χ1) is 7.72. The van der Waals surface area contributed by atoms with Gasteiger partial charge in [0.15, 0.2) is 5.13 Å². The average molecular weight is 261 g/mol. The van der Waals surface area contributed by atoms with Gasteiger partial charge in [-0.25, -0.2) is 9.78 Å². The average Bonchev–Trinajstić information content (AvgIpc) is 2.75. The molecular weight excluding hydrogens is 248 g/mol. The lowest BCUT2D eigenvalue weighted by atomic mass is 10.0. The minimum atomic E-state index is -0.207. The molecule has 1 fully saturated rings. The third-order valence-electron chi connectivity index (χ3n) is 2.69. The summed E-state index contributed by atoms with van der Waals surface area (Å²) in [6.45, 7) is 0.837. The summed E-state index contributed by atoms with van der Waals surface area (Å²) < 4.78 is 4.81. The zero-order valence-corrected chi connectivity index (χ0v) is 10.6. The fraction of sp³-hybridized carbons (Fsp3) is 0.600. The minimum Gasteiger partial charge on any atom is -0.467 e. The molecule has 2 heterocycles. The molecule has 2 rings (SSSR count). The Hall–Kier alpha value is -0.810. The highest BCUT2D eigenvalue weighted by Gasteiger charge is 2.31. The van der Waals surface area contributed by atoms with Crippen LogP contribution in [0.4, 0.5) is 5.13 Å². The van der Waals surface area contributed by atoms with E-state index in [4.69, 9.17) is 16.3 Å². The third-order valence-corrected chi connectivity index (χ3v) is 3.89. The molecule has 0 N–H and O–H groups in total. The Balaban J connectivity index is 2.19. The molecule has 0 spiro atoms. The lowest BCUT2D eigenvalue weighted by molar-refractivity contribution is -0.142. The summed E-state index contributed by atoms with van der Waals surface area (Å²) in [4.78, 5) is 17.8. The summed E-state index contributed by atoms with van der Waals surface area (Å²) in [6, 6.07) is -0.207. The second-order valence-corrected chi connectivity index (χ2v) is 4.90. The number of piperidine rings is 1. The molecule has 1 atom stereocenters. The van der Waals surface area contributed by atoms with Crippen molar-refractivity contribution in [1.29, 1.82) is 0 Å². The largest absolute Gasteiger partial charge is 0.467 e. The van der Waals surface area contributed by atoms with Gasteiger partial charge in [0.05, 0.1) is 7.11 Å². The van der Waals surface area contributed by atoms with E-state index in [2.05, 4.69) is 4.98 Å². The van der Waals surface area contributed by atoms with Crippen molar-refractivity contribution in [1.82, 2.24) is 4.98 Å². The van der Waals surface area contributed by atoms with E-state index in [9.17, 15) is 4.79 Å².